The number of benzene rings is 1. The number of rotatable bonds is 1. The minimum absolute atomic E-state index is 0.399. The van der Waals surface area contributed by atoms with E-state index in [-0.39, 0.29) is 0 Å². The number of hydrogen-bond acceptors (Lipinski definition) is 3. The van der Waals surface area contributed by atoms with Crippen LogP contribution in [0.4, 0.5) is 0 Å². The van der Waals surface area contributed by atoms with E-state index in [0.717, 1.165) is 16.6 Å². The van der Waals surface area contributed by atoms with E-state index in [1.54, 1.807) is 0 Å². The zero-order valence-corrected chi connectivity index (χ0v) is 14.3. The maximum Gasteiger partial charge on any atom is 0.496 e. The number of hydrogen-bond donors (Lipinski definition) is 0. The molecule has 0 radical (unpaired) electrons. The molecule has 0 amide bonds. The van der Waals surface area contributed by atoms with Crippen LogP contribution in [0.2, 0.25) is 0 Å². The van der Waals surface area contributed by atoms with Crippen molar-refractivity contribution in [1.29, 1.82) is 5.26 Å². The lowest BCUT2D eigenvalue weighted by Gasteiger charge is -2.32. The Kier molecular flexibility index (Phi) is 3.72. The van der Waals surface area contributed by atoms with Crippen LogP contribution in [0.5, 0.6) is 0 Å². The largest absolute Gasteiger partial charge is 0.496 e. The zero-order chi connectivity index (χ0) is 16.2. The summed E-state index contributed by atoms with van der Waals surface area (Å²) in [6.45, 7) is 16.3. The summed E-state index contributed by atoms with van der Waals surface area (Å²) in [6.07, 6.45) is 0. The van der Waals surface area contributed by atoms with Gasteiger partial charge in [-0.3, -0.25) is 0 Å². The number of nitriles is 1. The van der Waals surface area contributed by atoms with Crippen LogP contribution < -0.4 is 5.46 Å². The average molecular weight is 285 g/mol. The second kappa shape index (κ2) is 4.86. The van der Waals surface area contributed by atoms with Crippen molar-refractivity contribution in [3.8, 4) is 6.07 Å². The summed E-state index contributed by atoms with van der Waals surface area (Å²) in [4.78, 5) is 0. The first kappa shape index (κ1) is 16.1. The van der Waals surface area contributed by atoms with Crippen molar-refractivity contribution in [2.45, 2.75) is 66.6 Å². The predicted molar refractivity (Wildman–Crippen MR) is 85.8 cm³/mol. The first-order chi connectivity index (χ1) is 9.53. The van der Waals surface area contributed by atoms with Gasteiger partial charge in [0, 0.05) is 5.46 Å². The molecule has 0 atom stereocenters. The minimum atomic E-state index is -0.484. The van der Waals surface area contributed by atoms with Gasteiger partial charge in [-0.05, 0) is 77.6 Å². The highest BCUT2D eigenvalue weighted by atomic mass is 16.7. The Morgan fingerprint density at radius 1 is 0.810 bits per heavy atom. The Morgan fingerprint density at radius 3 is 1.67 bits per heavy atom. The zero-order valence-electron chi connectivity index (χ0n) is 14.3. The van der Waals surface area contributed by atoms with Gasteiger partial charge >= 0.3 is 7.12 Å². The van der Waals surface area contributed by atoms with Gasteiger partial charge < -0.3 is 9.31 Å². The Labute approximate surface area is 128 Å². The monoisotopic (exact) mass is 285 g/mol. The molecule has 0 unspecified atom stereocenters. The van der Waals surface area contributed by atoms with E-state index in [0.29, 0.717) is 5.56 Å². The summed E-state index contributed by atoms with van der Waals surface area (Å²) in [5, 5.41) is 9.60. The van der Waals surface area contributed by atoms with E-state index in [4.69, 9.17) is 9.31 Å². The van der Waals surface area contributed by atoms with Gasteiger partial charge in [0.2, 0.25) is 0 Å². The molecule has 3 nitrogen and oxygen atoms in total. The Balaban J connectivity index is 2.65. The molecule has 1 fully saturated rings. The van der Waals surface area contributed by atoms with Gasteiger partial charge in [-0.1, -0.05) is 0 Å². The highest BCUT2D eigenvalue weighted by molar-refractivity contribution is 6.63. The van der Waals surface area contributed by atoms with E-state index < -0.39 is 18.3 Å². The lowest BCUT2D eigenvalue weighted by Crippen LogP contribution is -2.41. The SMILES string of the molecule is Cc1c(C)c(C)c(B2OC(C)(C)C(C)(C)O2)c(C#N)c1C. The van der Waals surface area contributed by atoms with Crippen molar-refractivity contribution in [2.24, 2.45) is 0 Å². The fourth-order valence-electron chi connectivity index (χ4n) is 2.74. The van der Waals surface area contributed by atoms with E-state index in [9.17, 15) is 5.26 Å². The molecule has 0 aliphatic carbocycles. The molecule has 0 N–H and O–H groups in total. The first-order valence-corrected chi connectivity index (χ1v) is 7.39. The third kappa shape index (κ3) is 2.29. The van der Waals surface area contributed by atoms with Gasteiger partial charge in [0.05, 0.1) is 22.8 Å². The fourth-order valence-corrected chi connectivity index (χ4v) is 2.74. The molecule has 1 aromatic rings. The van der Waals surface area contributed by atoms with E-state index in [1.807, 2.05) is 41.5 Å². The van der Waals surface area contributed by atoms with E-state index in [1.165, 1.54) is 11.1 Å². The second-order valence-corrected chi connectivity index (χ2v) is 6.99. The van der Waals surface area contributed by atoms with Gasteiger partial charge in [0.15, 0.2) is 0 Å². The summed E-state index contributed by atoms with van der Waals surface area (Å²) < 4.78 is 12.3. The van der Waals surface area contributed by atoms with Crippen molar-refractivity contribution < 1.29 is 9.31 Å². The molecule has 112 valence electrons. The van der Waals surface area contributed by atoms with Gasteiger partial charge in [0.25, 0.3) is 0 Å². The van der Waals surface area contributed by atoms with Crippen molar-refractivity contribution >= 4 is 12.6 Å². The molecule has 0 aromatic heterocycles. The Hall–Kier alpha value is -1.31. The van der Waals surface area contributed by atoms with Crippen LogP contribution in [0.3, 0.4) is 0 Å². The Morgan fingerprint density at radius 2 is 1.24 bits per heavy atom. The summed E-state index contributed by atoms with van der Waals surface area (Å²) in [5.74, 6) is 0. The van der Waals surface area contributed by atoms with Gasteiger partial charge in [-0.2, -0.15) is 5.26 Å². The Bertz CT molecular complexity index is 625. The minimum Gasteiger partial charge on any atom is -0.399 e. The predicted octanol–water partition coefficient (Wildman–Crippen LogP) is 3.09. The highest BCUT2D eigenvalue weighted by Crippen LogP contribution is 2.37. The summed E-state index contributed by atoms with van der Waals surface area (Å²) in [5.41, 5.74) is 5.26. The molecular weight excluding hydrogens is 261 g/mol. The van der Waals surface area contributed by atoms with E-state index >= 15 is 0 Å². The molecule has 0 spiro atoms. The molecule has 1 heterocycles. The molecule has 1 aromatic carbocycles. The molecule has 2 rings (SSSR count). The molecule has 0 saturated carbocycles. The van der Waals surface area contributed by atoms with Crippen molar-refractivity contribution in [1.82, 2.24) is 0 Å². The van der Waals surface area contributed by atoms with Crippen LogP contribution in [0.25, 0.3) is 0 Å². The quantitative estimate of drug-likeness (QED) is 0.745. The highest BCUT2D eigenvalue weighted by Gasteiger charge is 2.52. The second-order valence-electron chi connectivity index (χ2n) is 6.99. The summed E-state index contributed by atoms with van der Waals surface area (Å²) in [6, 6.07) is 2.34. The van der Waals surface area contributed by atoms with E-state index in [2.05, 4.69) is 19.9 Å². The van der Waals surface area contributed by atoms with Crippen LogP contribution in [-0.4, -0.2) is 18.3 Å². The molecule has 0 bridgehead atoms. The normalized spacial score (nSPS) is 19.7. The van der Waals surface area contributed by atoms with Gasteiger partial charge in [-0.25, -0.2) is 0 Å². The molecule has 21 heavy (non-hydrogen) atoms. The third-order valence-electron chi connectivity index (χ3n) is 5.34. The molecule has 1 saturated heterocycles. The summed E-state index contributed by atoms with van der Waals surface area (Å²) in [7, 11) is -0.484. The van der Waals surface area contributed by atoms with Gasteiger partial charge in [-0.15, -0.1) is 0 Å². The lowest BCUT2D eigenvalue weighted by atomic mass is 9.70. The van der Waals surface area contributed by atoms with Crippen LogP contribution in [-0.2, 0) is 9.31 Å². The van der Waals surface area contributed by atoms with Gasteiger partial charge in [0.1, 0.15) is 0 Å². The van der Waals surface area contributed by atoms with Crippen LogP contribution in [0.15, 0.2) is 0 Å². The fraction of sp³-hybridized carbons (Fsp3) is 0.588. The standard InChI is InChI=1S/C17H24BNO2/c1-10-11(2)13(4)15(14(9-19)12(10)3)18-20-16(5,6)17(7,8)21-18/h1-8H3. The third-order valence-corrected chi connectivity index (χ3v) is 5.34. The average Bonchev–Trinajstić information content (AvgIpc) is 2.59. The van der Waals surface area contributed by atoms with Crippen LogP contribution >= 0.6 is 0 Å². The molecule has 1 aliphatic rings. The van der Waals surface area contributed by atoms with Crippen LogP contribution in [0.1, 0.15) is 55.5 Å². The maximum absolute atomic E-state index is 9.60. The molecule has 1 aliphatic heterocycles. The topological polar surface area (TPSA) is 42.2 Å². The molecule has 4 heteroatoms. The summed E-state index contributed by atoms with van der Waals surface area (Å²) >= 11 is 0. The number of nitrogens with zero attached hydrogens (tertiary/aromatic N) is 1. The smallest absolute Gasteiger partial charge is 0.399 e. The first-order valence-electron chi connectivity index (χ1n) is 7.39. The lowest BCUT2D eigenvalue weighted by molar-refractivity contribution is 0.00578. The van der Waals surface area contributed by atoms with Crippen molar-refractivity contribution in [3.63, 3.8) is 0 Å². The van der Waals surface area contributed by atoms with Crippen LogP contribution in [0, 0.1) is 39.0 Å². The maximum atomic E-state index is 9.60. The van der Waals surface area contributed by atoms with Crippen molar-refractivity contribution in [3.05, 3.63) is 27.8 Å². The molecular formula is C17H24BNO2. The van der Waals surface area contributed by atoms with Crippen molar-refractivity contribution in [2.75, 3.05) is 0 Å².